The van der Waals surface area contributed by atoms with Crippen LogP contribution in [0.2, 0.25) is 0 Å². The Labute approximate surface area is 90.8 Å². The molecule has 0 spiro atoms. The van der Waals surface area contributed by atoms with Crippen molar-refractivity contribution >= 4 is 0 Å². The van der Waals surface area contributed by atoms with E-state index in [9.17, 15) is 0 Å². The van der Waals surface area contributed by atoms with Crippen LogP contribution >= 0.6 is 0 Å². The van der Waals surface area contributed by atoms with Gasteiger partial charge < -0.3 is 4.74 Å². The third-order valence-electron chi connectivity index (χ3n) is 3.82. The summed E-state index contributed by atoms with van der Waals surface area (Å²) in [4.78, 5) is 0. The minimum absolute atomic E-state index is 0.755. The molecule has 2 aliphatic carbocycles. The molecule has 0 N–H and O–H groups in total. The molecule has 0 aromatic heterocycles. The van der Waals surface area contributed by atoms with E-state index in [1.54, 1.807) is 7.11 Å². The number of ether oxygens (including phenoxy) is 1. The number of hydrogen-bond donors (Lipinski definition) is 0. The molecule has 0 saturated heterocycles. The van der Waals surface area contributed by atoms with Gasteiger partial charge in [-0.3, -0.25) is 0 Å². The van der Waals surface area contributed by atoms with Gasteiger partial charge in [-0.25, -0.2) is 0 Å². The molecule has 0 heterocycles. The van der Waals surface area contributed by atoms with Gasteiger partial charge in [-0.1, -0.05) is 24.3 Å². The molecule has 2 aliphatic rings. The molecule has 1 aromatic carbocycles. The summed E-state index contributed by atoms with van der Waals surface area (Å²) in [6, 6.07) is 8.59. The monoisotopic (exact) mass is 200 g/mol. The van der Waals surface area contributed by atoms with Crippen molar-refractivity contribution in [2.45, 2.75) is 18.8 Å². The second-order valence-corrected chi connectivity index (χ2v) is 4.66. The van der Waals surface area contributed by atoms with Gasteiger partial charge in [0.15, 0.2) is 0 Å². The van der Waals surface area contributed by atoms with E-state index >= 15 is 0 Å². The minimum Gasteiger partial charge on any atom is -0.497 e. The average Bonchev–Trinajstić information content (AvgIpc) is 2.91. The van der Waals surface area contributed by atoms with Gasteiger partial charge >= 0.3 is 0 Å². The lowest BCUT2D eigenvalue weighted by atomic mass is 9.87. The smallest absolute Gasteiger partial charge is 0.118 e. The Morgan fingerprint density at radius 1 is 1.07 bits per heavy atom. The quantitative estimate of drug-likeness (QED) is 0.665. The van der Waals surface area contributed by atoms with E-state index in [1.807, 2.05) is 0 Å². The third-order valence-corrected chi connectivity index (χ3v) is 3.82. The van der Waals surface area contributed by atoms with Gasteiger partial charge in [-0.05, 0) is 48.3 Å². The molecule has 2 bridgehead atoms. The maximum Gasteiger partial charge on any atom is 0.118 e. The zero-order valence-electron chi connectivity index (χ0n) is 9.02. The van der Waals surface area contributed by atoms with Crippen LogP contribution in [-0.2, 0) is 0 Å². The Morgan fingerprint density at radius 2 is 1.87 bits per heavy atom. The molecule has 0 radical (unpaired) electrons. The largest absolute Gasteiger partial charge is 0.497 e. The predicted octanol–water partition coefficient (Wildman–Crippen LogP) is 3.37. The number of benzene rings is 1. The lowest BCUT2D eigenvalue weighted by molar-refractivity contribution is 0.414. The highest BCUT2D eigenvalue weighted by Gasteiger charge is 2.36. The summed E-state index contributed by atoms with van der Waals surface area (Å²) in [5.41, 5.74) is 1.48. The first-order chi connectivity index (χ1) is 7.36. The fraction of sp³-hybridized carbons (Fsp3) is 0.429. The minimum atomic E-state index is 0.755. The standard InChI is InChI=1S/C14H16O/c1-15-13-6-4-11(5-7-13)14-9-10-2-3-12(14)8-10/h2-7,10,12,14H,8-9H2,1H3. The molecule has 1 saturated carbocycles. The summed E-state index contributed by atoms with van der Waals surface area (Å²) in [5, 5.41) is 0. The van der Waals surface area contributed by atoms with E-state index in [1.165, 1.54) is 18.4 Å². The van der Waals surface area contributed by atoms with Crippen LogP contribution in [0.1, 0.15) is 24.3 Å². The number of allylic oxidation sites excluding steroid dienone is 2. The summed E-state index contributed by atoms with van der Waals surface area (Å²) >= 11 is 0. The second kappa shape index (κ2) is 3.41. The zero-order valence-corrected chi connectivity index (χ0v) is 9.02. The Balaban J connectivity index is 1.84. The van der Waals surface area contributed by atoms with Gasteiger partial charge in [0.2, 0.25) is 0 Å². The molecule has 3 rings (SSSR count). The van der Waals surface area contributed by atoms with Crippen molar-refractivity contribution in [3.63, 3.8) is 0 Å². The van der Waals surface area contributed by atoms with Crippen LogP contribution in [-0.4, -0.2) is 7.11 Å². The molecule has 1 nitrogen and oxygen atoms in total. The molecule has 3 atom stereocenters. The summed E-state index contributed by atoms with van der Waals surface area (Å²) < 4.78 is 5.18. The van der Waals surface area contributed by atoms with Crippen LogP contribution in [0.4, 0.5) is 0 Å². The van der Waals surface area contributed by atoms with E-state index in [0.29, 0.717) is 0 Å². The number of rotatable bonds is 2. The highest BCUT2D eigenvalue weighted by molar-refractivity contribution is 5.32. The average molecular weight is 200 g/mol. The van der Waals surface area contributed by atoms with Crippen molar-refractivity contribution in [3.05, 3.63) is 42.0 Å². The first-order valence-electron chi connectivity index (χ1n) is 5.69. The van der Waals surface area contributed by atoms with Crippen molar-refractivity contribution in [2.24, 2.45) is 11.8 Å². The first kappa shape index (κ1) is 9.02. The van der Waals surface area contributed by atoms with Crippen LogP contribution in [0, 0.1) is 11.8 Å². The van der Waals surface area contributed by atoms with E-state index in [2.05, 4.69) is 36.4 Å². The van der Waals surface area contributed by atoms with Crippen LogP contribution in [0.15, 0.2) is 36.4 Å². The van der Waals surface area contributed by atoms with Crippen molar-refractivity contribution in [1.29, 1.82) is 0 Å². The Morgan fingerprint density at radius 3 is 2.40 bits per heavy atom. The SMILES string of the molecule is COc1ccc(C2CC3C=CC2C3)cc1. The van der Waals surface area contributed by atoms with Gasteiger partial charge in [0, 0.05) is 0 Å². The Kier molecular flexibility index (Phi) is 2.05. The molecular weight excluding hydrogens is 184 g/mol. The second-order valence-electron chi connectivity index (χ2n) is 4.66. The molecular formula is C14H16O. The lowest BCUT2D eigenvalue weighted by Crippen LogP contribution is -2.04. The molecule has 78 valence electrons. The van der Waals surface area contributed by atoms with Crippen molar-refractivity contribution in [2.75, 3.05) is 7.11 Å². The zero-order chi connectivity index (χ0) is 10.3. The highest BCUT2D eigenvalue weighted by Crippen LogP contribution is 2.48. The highest BCUT2D eigenvalue weighted by atomic mass is 16.5. The van der Waals surface area contributed by atoms with Crippen molar-refractivity contribution < 1.29 is 4.74 Å². The van der Waals surface area contributed by atoms with Crippen LogP contribution in [0.3, 0.4) is 0 Å². The normalized spacial score (nSPS) is 32.2. The van der Waals surface area contributed by atoms with Gasteiger partial charge in [0.1, 0.15) is 5.75 Å². The fourth-order valence-corrected chi connectivity index (χ4v) is 3.02. The van der Waals surface area contributed by atoms with E-state index in [0.717, 1.165) is 23.5 Å². The van der Waals surface area contributed by atoms with Crippen LogP contribution < -0.4 is 4.74 Å². The predicted molar refractivity (Wildman–Crippen MR) is 61.1 cm³/mol. The summed E-state index contributed by atoms with van der Waals surface area (Å²) in [6.07, 6.45) is 7.51. The Bertz CT molecular complexity index is 377. The van der Waals surface area contributed by atoms with Gasteiger partial charge in [-0.2, -0.15) is 0 Å². The molecule has 0 amide bonds. The van der Waals surface area contributed by atoms with Crippen LogP contribution in [0.25, 0.3) is 0 Å². The van der Waals surface area contributed by atoms with E-state index in [-0.39, 0.29) is 0 Å². The number of hydrogen-bond acceptors (Lipinski definition) is 1. The van der Waals surface area contributed by atoms with Crippen molar-refractivity contribution in [1.82, 2.24) is 0 Å². The van der Waals surface area contributed by atoms with Gasteiger partial charge in [0.25, 0.3) is 0 Å². The molecule has 1 aromatic rings. The molecule has 3 unspecified atom stereocenters. The number of methoxy groups -OCH3 is 1. The maximum absolute atomic E-state index is 5.18. The third kappa shape index (κ3) is 1.46. The first-order valence-corrected chi connectivity index (χ1v) is 5.69. The van der Waals surface area contributed by atoms with Crippen molar-refractivity contribution in [3.8, 4) is 5.75 Å². The molecule has 0 aliphatic heterocycles. The van der Waals surface area contributed by atoms with Gasteiger partial charge in [0.05, 0.1) is 7.11 Å². The Hall–Kier alpha value is -1.24. The fourth-order valence-electron chi connectivity index (χ4n) is 3.02. The van der Waals surface area contributed by atoms with E-state index in [4.69, 9.17) is 4.74 Å². The van der Waals surface area contributed by atoms with Gasteiger partial charge in [-0.15, -0.1) is 0 Å². The summed E-state index contributed by atoms with van der Waals surface area (Å²) in [5.74, 6) is 3.36. The molecule has 1 fully saturated rings. The maximum atomic E-state index is 5.18. The molecule has 15 heavy (non-hydrogen) atoms. The van der Waals surface area contributed by atoms with Crippen LogP contribution in [0.5, 0.6) is 5.75 Å². The summed E-state index contributed by atoms with van der Waals surface area (Å²) in [7, 11) is 1.72. The molecule has 1 heteroatoms. The summed E-state index contributed by atoms with van der Waals surface area (Å²) in [6.45, 7) is 0. The number of fused-ring (bicyclic) bond motifs is 2. The lowest BCUT2D eigenvalue weighted by Gasteiger charge is -2.18. The topological polar surface area (TPSA) is 9.23 Å². The van der Waals surface area contributed by atoms with E-state index < -0.39 is 0 Å².